The molecular formula is C18H20O5. The van der Waals surface area contributed by atoms with Crippen LogP contribution in [0.1, 0.15) is 17.2 Å². The molecule has 5 heteroatoms. The Morgan fingerprint density at radius 2 is 1.57 bits per heavy atom. The first kappa shape index (κ1) is 17.0. The van der Waals surface area contributed by atoms with Crippen molar-refractivity contribution < 1.29 is 25.5 Å². The second kappa shape index (κ2) is 7.28. The quantitative estimate of drug-likeness (QED) is 0.524. The fourth-order valence-corrected chi connectivity index (χ4v) is 2.37. The molecule has 23 heavy (non-hydrogen) atoms. The van der Waals surface area contributed by atoms with Crippen LogP contribution >= 0.6 is 0 Å². The molecule has 0 aliphatic carbocycles. The molecule has 0 radical (unpaired) electrons. The molecule has 0 aliphatic heterocycles. The fraction of sp³-hybridized carbons (Fsp3) is 0.222. The molecule has 2 rings (SSSR count). The van der Waals surface area contributed by atoms with Crippen molar-refractivity contribution in [2.24, 2.45) is 0 Å². The second-order valence-corrected chi connectivity index (χ2v) is 5.32. The minimum absolute atomic E-state index is 0.0116. The Balaban J connectivity index is 2.50. The van der Waals surface area contributed by atoms with E-state index in [2.05, 4.69) is 6.58 Å². The summed E-state index contributed by atoms with van der Waals surface area (Å²) < 4.78 is 0. The number of aromatic hydroxyl groups is 2. The molecule has 2 aromatic rings. The molecule has 122 valence electrons. The Labute approximate surface area is 134 Å². The molecule has 5 nitrogen and oxygen atoms in total. The lowest BCUT2D eigenvalue weighted by Crippen LogP contribution is -2.22. The predicted octanol–water partition coefficient (Wildman–Crippen LogP) is 1.88. The lowest BCUT2D eigenvalue weighted by Gasteiger charge is -2.18. The molecule has 0 heterocycles. The van der Waals surface area contributed by atoms with Crippen LogP contribution in [0, 0.1) is 0 Å². The third-order valence-electron chi connectivity index (χ3n) is 3.64. The standard InChI is InChI=1S/C18H20O5/c1-2-3-11-4-6-15(20)13(8-11)14-9-12(5-7-16(14)21)18(23)17(22)10-19/h2,4-9,17-23H,1,3,10H2. The van der Waals surface area contributed by atoms with E-state index >= 15 is 0 Å². The number of hydrogen-bond acceptors (Lipinski definition) is 5. The van der Waals surface area contributed by atoms with Crippen LogP contribution in [0.2, 0.25) is 0 Å². The number of rotatable bonds is 6. The maximum absolute atomic E-state index is 10.1. The highest BCUT2D eigenvalue weighted by Gasteiger charge is 2.20. The van der Waals surface area contributed by atoms with Crippen molar-refractivity contribution in [3.63, 3.8) is 0 Å². The summed E-state index contributed by atoms with van der Waals surface area (Å²) in [5, 5.41) is 48.7. The van der Waals surface area contributed by atoms with Gasteiger partial charge in [-0.1, -0.05) is 18.2 Å². The summed E-state index contributed by atoms with van der Waals surface area (Å²) in [6.07, 6.45) is -0.279. The number of phenols is 2. The van der Waals surface area contributed by atoms with Gasteiger partial charge in [-0.05, 0) is 41.8 Å². The van der Waals surface area contributed by atoms with Gasteiger partial charge in [0.25, 0.3) is 0 Å². The van der Waals surface area contributed by atoms with Crippen LogP contribution in [0.15, 0.2) is 49.1 Å². The summed E-state index contributed by atoms with van der Waals surface area (Å²) in [7, 11) is 0. The van der Waals surface area contributed by atoms with Crippen molar-refractivity contribution in [2.45, 2.75) is 18.6 Å². The second-order valence-electron chi connectivity index (χ2n) is 5.32. The SMILES string of the molecule is C=CCc1ccc(O)c(-c2cc(C(O)C(O)CO)ccc2O)c1. The van der Waals surface area contributed by atoms with Crippen LogP contribution < -0.4 is 0 Å². The van der Waals surface area contributed by atoms with Crippen LogP contribution in [0.5, 0.6) is 11.5 Å². The first-order chi connectivity index (χ1) is 11.0. The first-order valence-corrected chi connectivity index (χ1v) is 7.21. The molecule has 0 aliphatic rings. The molecule has 0 bridgehead atoms. The monoisotopic (exact) mass is 316 g/mol. The summed E-state index contributed by atoms with van der Waals surface area (Å²) in [5.74, 6) is -0.0760. The molecule has 0 spiro atoms. The van der Waals surface area contributed by atoms with Gasteiger partial charge in [-0.2, -0.15) is 0 Å². The van der Waals surface area contributed by atoms with E-state index in [9.17, 15) is 20.4 Å². The van der Waals surface area contributed by atoms with Gasteiger partial charge in [-0.3, -0.25) is 0 Å². The van der Waals surface area contributed by atoms with Gasteiger partial charge in [0.05, 0.1) is 6.61 Å². The van der Waals surface area contributed by atoms with E-state index in [1.54, 1.807) is 18.2 Å². The van der Waals surface area contributed by atoms with Gasteiger partial charge in [0.2, 0.25) is 0 Å². The lowest BCUT2D eigenvalue weighted by atomic mass is 9.95. The molecular weight excluding hydrogens is 296 g/mol. The lowest BCUT2D eigenvalue weighted by molar-refractivity contribution is -0.0152. The van der Waals surface area contributed by atoms with Gasteiger partial charge in [-0.15, -0.1) is 6.58 Å². The third kappa shape index (κ3) is 3.71. The largest absolute Gasteiger partial charge is 0.507 e. The minimum Gasteiger partial charge on any atom is -0.507 e. The number of benzene rings is 2. The predicted molar refractivity (Wildman–Crippen MR) is 87.2 cm³/mol. The highest BCUT2D eigenvalue weighted by molar-refractivity contribution is 5.76. The van der Waals surface area contributed by atoms with E-state index in [4.69, 9.17) is 5.11 Å². The number of aliphatic hydroxyl groups is 3. The van der Waals surface area contributed by atoms with Crippen molar-refractivity contribution in [3.8, 4) is 22.6 Å². The molecule has 2 unspecified atom stereocenters. The minimum atomic E-state index is -1.33. The van der Waals surface area contributed by atoms with Gasteiger partial charge >= 0.3 is 0 Å². The summed E-state index contributed by atoms with van der Waals surface area (Å²) in [5.41, 5.74) is 1.98. The highest BCUT2D eigenvalue weighted by Crippen LogP contribution is 2.38. The van der Waals surface area contributed by atoms with Gasteiger partial charge in [-0.25, -0.2) is 0 Å². The molecule has 0 amide bonds. The molecule has 0 aromatic heterocycles. The molecule has 5 N–H and O–H groups in total. The molecule has 2 atom stereocenters. The van der Waals surface area contributed by atoms with Crippen molar-refractivity contribution in [3.05, 3.63) is 60.2 Å². The van der Waals surface area contributed by atoms with Crippen LogP contribution in [-0.4, -0.2) is 38.2 Å². The number of allylic oxidation sites excluding steroid dienone is 1. The van der Waals surface area contributed by atoms with Crippen molar-refractivity contribution in [1.82, 2.24) is 0 Å². The Kier molecular flexibility index (Phi) is 5.39. The zero-order valence-electron chi connectivity index (χ0n) is 12.6. The van der Waals surface area contributed by atoms with E-state index in [-0.39, 0.29) is 11.5 Å². The zero-order chi connectivity index (χ0) is 17.0. The van der Waals surface area contributed by atoms with E-state index in [1.165, 1.54) is 24.3 Å². The smallest absolute Gasteiger partial charge is 0.123 e. The van der Waals surface area contributed by atoms with E-state index in [0.29, 0.717) is 23.1 Å². The van der Waals surface area contributed by atoms with Gasteiger partial charge in [0.15, 0.2) is 0 Å². The topological polar surface area (TPSA) is 101 Å². The van der Waals surface area contributed by atoms with Gasteiger partial charge < -0.3 is 25.5 Å². The van der Waals surface area contributed by atoms with Crippen molar-refractivity contribution >= 4 is 0 Å². The third-order valence-corrected chi connectivity index (χ3v) is 3.64. The summed E-state index contributed by atoms with van der Waals surface area (Å²) in [6.45, 7) is 3.08. The Morgan fingerprint density at radius 1 is 0.957 bits per heavy atom. The Hall–Kier alpha value is -2.34. The highest BCUT2D eigenvalue weighted by atomic mass is 16.4. The summed E-state index contributed by atoms with van der Waals surface area (Å²) in [4.78, 5) is 0. The zero-order valence-corrected chi connectivity index (χ0v) is 12.6. The Morgan fingerprint density at radius 3 is 2.17 bits per heavy atom. The molecule has 2 aromatic carbocycles. The average molecular weight is 316 g/mol. The fourth-order valence-electron chi connectivity index (χ4n) is 2.37. The van der Waals surface area contributed by atoms with Gasteiger partial charge in [0, 0.05) is 11.1 Å². The van der Waals surface area contributed by atoms with E-state index in [1.807, 2.05) is 0 Å². The number of hydrogen-bond donors (Lipinski definition) is 5. The Bertz CT molecular complexity index is 696. The van der Waals surface area contributed by atoms with Crippen LogP contribution in [-0.2, 0) is 6.42 Å². The van der Waals surface area contributed by atoms with Crippen LogP contribution in [0.4, 0.5) is 0 Å². The van der Waals surface area contributed by atoms with Gasteiger partial charge in [0.1, 0.15) is 23.7 Å². The maximum atomic E-state index is 10.1. The summed E-state index contributed by atoms with van der Waals surface area (Å²) in [6, 6.07) is 9.31. The molecule has 0 fully saturated rings. The number of phenolic OH excluding ortho intramolecular Hbond substituents is 2. The van der Waals surface area contributed by atoms with E-state index < -0.39 is 18.8 Å². The number of aliphatic hydroxyl groups excluding tert-OH is 3. The summed E-state index contributed by atoms with van der Waals surface area (Å²) >= 11 is 0. The van der Waals surface area contributed by atoms with Crippen molar-refractivity contribution in [2.75, 3.05) is 6.61 Å². The first-order valence-electron chi connectivity index (χ1n) is 7.21. The average Bonchev–Trinajstić information content (AvgIpc) is 2.56. The van der Waals surface area contributed by atoms with E-state index in [0.717, 1.165) is 5.56 Å². The normalized spacial score (nSPS) is 13.5. The maximum Gasteiger partial charge on any atom is 0.123 e. The molecule has 0 saturated carbocycles. The molecule has 0 saturated heterocycles. The van der Waals surface area contributed by atoms with Crippen LogP contribution in [0.3, 0.4) is 0 Å². The van der Waals surface area contributed by atoms with Crippen LogP contribution in [0.25, 0.3) is 11.1 Å². The van der Waals surface area contributed by atoms with Crippen molar-refractivity contribution in [1.29, 1.82) is 0 Å².